The minimum absolute atomic E-state index is 0.0643. The van der Waals surface area contributed by atoms with Gasteiger partial charge in [-0.3, -0.25) is 0 Å². The highest BCUT2D eigenvalue weighted by Gasteiger charge is 2.32. The van der Waals surface area contributed by atoms with Crippen molar-refractivity contribution in [3.8, 4) is 17.4 Å². The van der Waals surface area contributed by atoms with Crippen LogP contribution in [0.3, 0.4) is 0 Å². The number of pyridine rings is 1. The molecule has 20 heavy (non-hydrogen) atoms. The number of para-hydroxylation sites is 2. The first kappa shape index (κ1) is 14.0. The molecule has 7 heteroatoms. The number of benzene rings is 1. The van der Waals surface area contributed by atoms with Gasteiger partial charge in [-0.25, -0.2) is 0 Å². The van der Waals surface area contributed by atoms with Crippen molar-refractivity contribution in [1.82, 2.24) is 4.98 Å². The number of halogens is 3. The van der Waals surface area contributed by atoms with Crippen molar-refractivity contribution in [3.63, 3.8) is 0 Å². The predicted molar refractivity (Wildman–Crippen MR) is 67.0 cm³/mol. The van der Waals surface area contributed by atoms with Gasteiger partial charge in [0.05, 0.1) is 0 Å². The van der Waals surface area contributed by atoms with Gasteiger partial charge >= 0.3 is 6.36 Å². The number of ether oxygens (including phenoxy) is 2. The average molecular weight is 284 g/mol. The van der Waals surface area contributed by atoms with E-state index in [-0.39, 0.29) is 11.6 Å². The highest BCUT2D eigenvalue weighted by Crippen LogP contribution is 2.34. The smallest absolute Gasteiger partial charge is 0.435 e. The van der Waals surface area contributed by atoms with Crippen molar-refractivity contribution in [2.24, 2.45) is 0 Å². The number of hydrogen-bond acceptors (Lipinski definition) is 4. The van der Waals surface area contributed by atoms with E-state index < -0.39 is 12.1 Å². The lowest BCUT2D eigenvalue weighted by molar-refractivity contribution is -0.275. The highest BCUT2D eigenvalue weighted by molar-refractivity contribution is 5.43. The number of rotatable bonds is 4. The maximum atomic E-state index is 12.3. The molecule has 2 rings (SSSR count). The molecule has 0 saturated heterocycles. The normalized spacial score (nSPS) is 11.0. The van der Waals surface area contributed by atoms with Crippen LogP contribution < -0.4 is 14.8 Å². The van der Waals surface area contributed by atoms with Gasteiger partial charge in [0, 0.05) is 13.1 Å². The zero-order valence-corrected chi connectivity index (χ0v) is 10.4. The van der Waals surface area contributed by atoms with Crippen LogP contribution in [-0.4, -0.2) is 18.4 Å². The Morgan fingerprint density at radius 1 is 1.00 bits per heavy atom. The first-order valence-electron chi connectivity index (χ1n) is 5.65. The summed E-state index contributed by atoms with van der Waals surface area (Å²) in [5.41, 5.74) is 0. The standard InChI is InChI=1S/C13H11F3N2O2/c1-17-11-7-4-8-12(18-11)19-9-5-2-3-6-10(9)20-13(14,15)16/h2-8H,1H3,(H,17,18). The van der Waals surface area contributed by atoms with Crippen LogP contribution in [0.5, 0.6) is 17.4 Å². The third-order valence-corrected chi connectivity index (χ3v) is 2.27. The summed E-state index contributed by atoms with van der Waals surface area (Å²) in [7, 11) is 1.67. The SMILES string of the molecule is CNc1cccc(Oc2ccccc2OC(F)(F)F)n1. The molecule has 1 aromatic carbocycles. The summed E-state index contributed by atoms with van der Waals surface area (Å²) in [6.45, 7) is 0. The van der Waals surface area contributed by atoms with Gasteiger partial charge in [-0.1, -0.05) is 18.2 Å². The number of nitrogens with one attached hydrogen (secondary N) is 1. The first-order chi connectivity index (χ1) is 9.48. The van der Waals surface area contributed by atoms with E-state index in [0.29, 0.717) is 5.82 Å². The Balaban J connectivity index is 2.24. The summed E-state index contributed by atoms with van der Waals surface area (Å²) < 4.78 is 46.0. The lowest BCUT2D eigenvalue weighted by Gasteiger charge is -2.13. The first-order valence-corrected chi connectivity index (χ1v) is 5.65. The second kappa shape index (κ2) is 5.68. The van der Waals surface area contributed by atoms with Crippen LogP contribution in [0.2, 0.25) is 0 Å². The summed E-state index contributed by atoms with van der Waals surface area (Å²) in [4.78, 5) is 4.05. The fourth-order valence-corrected chi connectivity index (χ4v) is 1.47. The van der Waals surface area contributed by atoms with E-state index in [2.05, 4.69) is 15.0 Å². The maximum absolute atomic E-state index is 12.3. The van der Waals surface area contributed by atoms with E-state index in [4.69, 9.17) is 4.74 Å². The molecule has 0 aliphatic rings. The molecular formula is C13H11F3N2O2. The molecule has 0 radical (unpaired) electrons. The molecule has 0 bridgehead atoms. The van der Waals surface area contributed by atoms with Crippen molar-refractivity contribution >= 4 is 5.82 Å². The lowest BCUT2D eigenvalue weighted by atomic mass is 10.3. The van der Waals surface area contributed by atoms with Gasteiger partial charge in [0.15, 0.2) is 11.5 Å². The molecular weight excluding hydrogens is 273 g/mol. The molecule has 0 amide bonds. The van der Waals surface area contributed by atoms with Crippen molar-refractivity contribution in [3.05, 3.63) is 42.5 Å². The van der Waals surface area contributed by atoms with Crippen LogP contribution in [0, 0.1) is 0 Å². The van der Waals surface area contributed by atoms with Crippen LogP contribution in [-0.2, 0) is 0 Å². The van der Waals surface area contributed by atoms with Gasteiger partial charge in [-0.15, -0.1) is 13.2 Å². The van der Waals surface area contributed by atoms with E-state index in [9.17, 15) is 13.2 Å². The summed E-state index contributed by atoms with van der Waals surface area (Å²) in [6, 6.07) is 10.4. The van der Waals surface area contributed by atoms with Crippen LogP contribution >= 0.6 is 0 Å². The van der Waals surface area contributed by atoms with E-state index in [0.717, 1.165) is 0 Å². The number of nitrogens with zero attached hydrogens (tertiary/aromatic N) is 1. The van der Waals surface area contributed by atoms with Crippen molar-refractivity contribution in [2.45, 2.75) is 6.36 Å². The number of hydrogen-bond donors (Lipinski definition) is 1. The average Bonchev–Trinajstić information content (AvgIpc) is 2.40. The minimum atomic E-state index is -4.78. The van der Waals surface area contributed by atoms with E-state index in [1.165, 1.54) is 24.3 Å². The number of aromatic nitrogens is 1. The Morgan fingerprint density at radius 2 is 1.70 bits per heavy atom. The lowest BCUT2D eigenvalue weighted by Crippen LogP contribution is -2.17. The van der Waals surface area contributed by atoms with E-state index in [1.807, 2.05) is 0 Å². The fourth-order valence-electron chi connectivity index (χ4n) is 1.47. The Hall–Kier alpha value is -2.44. The van der Waals surface area contributed by atoms with Gasteiger partial charge in [-0.2, -0.15) is 4.98 Å². The van der Waals surface area contributed by atoms with E-state index >= 15 is 0 Å². The number of anilines is 1. The second-order valence-electron chi connectivity index (χ2n) is 3.71. The molecule has 4 nitrogen and oxygen atoms in total. The predicted octanol–water partition coefficient (Wildman–Crippen LogP) is 3.81. The molecule has 2 aromatic rings. The van der Waals surface area contributed by atoms with E-state index in [1.54, 1.807) is 25.2 Å². The minimum Gasteiger partial charge on any atom is -0.435 e. The van der Waals surface area contributed by atoms with Crippen LogP contribution in [0.4, 0.5) is 19.0 Å². The molecule has 0 unspecified atom stereocenters. The Morgan fingerprint density at radius 3 is 2.35 bits per heavy atom. The largest absolute Gasteiger partial charge is 0.573 e. The molecule has 0 atom stereocenters. The maximum Gasteiger partial charge on any atom is 0.573 e. The highest BCUT2D eigenvalue weighted by atomic mass is 19.4. The van der Waals surface area contributed by atoms with Gasteiger partial charge in [0.25, 0.3) is 0 Å². The molecule has 0 saturated carbocycles. The Labute approximate surface area is 113 Å². The van der Waals surface area contributed by atoms with Gasteiger partial charge in [0.1, 0.15) is 5.82 Å². The Bertz CT molecular complexity index is 588. The second-order valence-corrected chi connectivity index (χ2v) is 3.71. The quantitative estimate of drug-likeness (QED) is 0.927. The fraction of sp³-hybridized carbons (Fsp3) is 0.154. The number of alkyl halides is 3. The summed E-state index contributed by atoms with van der Waals surface area (Å²) >= 11 is 0. The van der Waals surface area contributed by atoms with Crippen molar-refractivity contribution < 1.29 is 22.6 Å². The molecule has 1 aromatic heterocycles. The van der Waals surface area contributed by atoms with Crippen molar-refractivity contribution in [1.29, 1.82) is 0 Å². The summed E-state index contributed by atoms with van der Waals surface area (Å²) in [5, 5.41) is 2.80. The molecule has 0 aliphatic carbocycles. The zero-order chi connectivity index (χ0) is 14.6. The Kier molecular flexibility index (Phi) is 3.97. The van der Waals surface area contributed by atoms with Gasteiger partial charge in [0.2, 0.25) is 5.88 Å². The monoisotopic (exact) mass is 284 g/mol. The topological polar surface area (TPSA) is 43.4 Å². The molecule has 106 valence electrons. The molecule has 1 N–H and O–H groups in total. The van der Waals surface area contributed by atoms with Crippen LogP contribution in [0.25, 0.3) is 0 Å². The van der Waals surface area contributed by atoms with Crippen LogP contribution in [0.15, 0.2) is 42.5 Å². The van der Waals surface area contributed by atoms with Crippen LogP contribution in [0.1, 0.15) is 0 Å². The van der Waals surface area contributed by atoms with Crippen molar-refractivity contribution in [2.75, 3.05) is 12.4 Å². The molecule has 0 aliphatic heterocycles. The third-order valence-electron chi connectivity index (χ3n) is 2.27. The third kappa shape index (κ3) is 3.78. The molecule has 1 heterocycles. The summed E-state index contributed by atoms with van der Waals surface area (Å²) in [5.74, 6) is 0.217. The molecule has 0 fully saturated rings. The molecule has 0 spiro atoms. The van der Waals surface area contributed by atoms with Gasteiger partial charge < -0.3 is 14.8 Å². The van der Waals surface area contributed by atoms with Gasteiger partial charge in [-0.05, 0) is 18.2 Å². The summed E-state index contributed by atoms with van der Waals surface area (Å²) in [6.07, 6.45) is -4.78. The zero-order valence-electron chi connectivity index (χ0n) is 10.4.